The highest BCUT2D eigenvalue weighted by Gasteiger charge is 2.15. The minimum atomic E-state index is 0.638. The third-order valence-corrected chi connectivity index (χ3v) is 4.14. The lowest BCUT2D eigenvalue weighted by Crippen LogP contribution is -2.31. The number of fused-ring (bicyclic) bond motifs is 1. The van der Waals surface area contributed by atoms with E-state index in [4.69, 9.17) is 0 Å². The van der Waals surface area contributed by atoms with Crippen LogP contribution in [0.15, 0.2) is 35.5 Å². The molecule has 1 atom stereocenters. The Morgan fingerprint density at radius 3 is 2.94 bits per heavy atom. The second-order valence-corrected chi connectivity index (χ2v) is 5.60. The lowest BCUT2D eigenvalue weighted by Gasteiger charge is -2.21. The van der Waals surface area contributed by atoms with E-state index in [1.54, 1.807) is 0 Å². The molecule has 88 valence electrons. The molecule has 17 heavy (non-hydrogen) atoms. The summed E-state index contributed by atoms with van der Waals surface area (Å²) >= 11 is 1.84. The van der Waals surface area contributed by atoms with Gasteiger partial charge in [-0.3, -0.25) is 4.98 Å². The van der Waals surface area contributed by atoms with Crippen molar-refractivity contribution < 1.29 is 0 Å². The van der Waals surface area contributed by atoms with Gasteiger partial charge in [0.05, 0.1) is 17.2 Å². The van der Waals surface area contributed by atoms with Gasteiger partial charge < -0.3 is 5.32 Å². The van der Waals surface area contributed by atoms with E-state index < -0.39 is 0 Å². The van der Waals surface area contributed by atoms with Crippen molar-refractivity contribution in [1.82, 2.24) is 15.3 Å². The highest BCUT2D eigenvalue weighted by Crippen LogP contribution is 2.26. The fourth-order valence-electron chi connectivity index (χ4n) is 2.09. The summed E-state index contributed by atoms with van der Waals surface area (Å²) in [4.78, 5) is 9.08. The van der Waals surface area contributed by atoms with E-state index in [9.17, 15) is 0 Å². The molecule has 0 radical (unpaired) electrons. The topological polar surface area (TPSA) is 37.8 Å². The third-order valence-electron chi connectivity index (χ3n) is 2.97. The van der Waals surface area contributed by atoms with E-state index in [0.717, 1.165) is 29.1 Å². The van der Waals surface area contributed by atoms with E-state index in [-0.39, 0.29) is 0 Å². The number of para-hydroxylation sites is 2. The summed E-state index contributed by atoms with van der Waals surface area (Å²) < 4.78 is 0. The van der Waals surface area contributed by atoms with Gasteiger partial charge in [0.2, 0.25) is 0 Å². The molecule has 1 unspecified atom stereocenters. The monoisotopic (exact) mass is 245 g/mol. The third kappa shape index (κ3) is 2.58. The lowest BCUT2D eigenvalue weighted by molar-refractivity contribution is 0.531. The van der Waals surface area contributed by atoms with Gasteiger partial charge in [0.15, 0.2) is 0 Å². The number of nitrogens with one attached hydrogen (secondary N) is 1. The molecule has 0 aliphatic carbocycles. The number of piperidine rings is 1. The standard InChI is InChI=1S/C13H15N3S/c1-2-6-12-11(5-1)15-9-13(16-12)17-10-4-3-7-14-8-10/h1-2,5-6,9-10,14H,3-4,7-8H2. The molecular weight excluding hydrogens is 230 g/mol. The zero-order valence-corrected chi connectivity index (χ0v) is 10.4. The van der Waals surface area contributed by atoms with Gasteiger partial charge in [-0.2, -0.15) is 0 Å². The van der Waals surface area contributed by atoms with Crippen molar-refractivity contribution in [2.75, 3.05) is 13.1 Å². The maximum atomic E-state index is 4.64. The average Bonchev–Trinajstić information content (AvgIpc) is 2.40. The molecule has 1 fully saturated rings. The van der Waals surface area contributed by atoms with Crippen molar-refractivity contribution in [3.05, 3.63) is 30.5 Å². The largest absolute Gasteiger partial charge is 0.316 e. The van der Waals surface area contributed by atoms with Crippen molar-refractivity contribution in [1.29, 1.82) is 0 Å². The average molecular weight is 245 g/mol. The first-order chi connectivity index (χ1) is 8.42. The van der Waals surface area contributed by atoms with Crippen LogP contribution in [0.25, 0.3) is 11.0 Å². The Balaban J connectivity index is 1.80. The molecule has 0 saturated carbocycles. The molecule has 3 rings (SSSR count). The first-order valence-electron chi connectivity index (χ1n) is 6.01. The number of aromatic nitrogens is 2. The van der Waals surface area contributed by atoms with Crippen LogP contribution in [0.1, 0.15) is 12.8 Å². The molecule has 0 spiro atoms. The van der Waals surface area contributed by atoms with Gasteiger partial charge in [0, 0.05) is 11.8 Å². The maximum absolute atomic E-state index is 4.64. The lowest BCUT2D eigenvalue weighted by atomic mass is 10.2. The summed E-state index contributed by atoms with van der Waals surface area (Å²) in [5, 5.41) is 5.10. The Bertz CT molecular complexity index is 509. The Morgan fingerprint density at radius 1 is 1.24 bits per heavy atom. The normalized spacial score (nSPS) is 20.6. The first-order valence-corrected chi connectivity index (χ1v) is 6.89. The summed E-state index contributed by atoms with van der Waals surface area (Å²) in [6.45, 7) is 2.24. The number of hydrogen-bond donors (Lipinski definition) is 1. The molecule has 4 heteroatoms. The van der Waals surface area contributed by atoms with Gasteiger partial charge in [-0.25, -0.2) is 4.98 Å². The zero-order chi connectivity index (χ0) is 11.5. The van der Waals surface area contributed by atoms with Gasteiger partial charge in [-0.1, -0.05) is 12.1 Å². The van der Waals surface area contributed by atoms with Crippen molar-refractivity contribution in [3.8, 4) is 0 Å². The summed E-state index contributed by atoms with van der Waals surface area (Å²) in [7, 11) is 0. The van der Waals surface area contributed by atoms with Crippen molar-refractivity contribution in [2.24, 2.45) is 0 Å². The van der Waals surface area contributed by atoms with Gasteiger partial charge in [0.1, 0.15) is 5.03 Å². The predicted octanol–water partition coefficient (Wildman–Crippen LogP) is 2.47. The molecule has 2 aromatic rings. The molecule has 1 N–H and O–H groups in total. The summed E-state index contributed by atoms with van der Waals surface area (Å²) in [6.07, 6.45) is 4.42. The molecule has 1 saturated heterocycles. The smallest absolute Gasteiger partial charge is 0.115 e. The molecule has 1 aliphatic heterocycles. The number of nitrogens with zero attached hydrogens (tertiary/aromatic N) is 2. The van der Waals surface area contributed by atoms with Crippen LogP contribution in [0, 0.1) is 0 Å². The number of rotatable bonds is 2. The fraction of sp³-hybridized carbons (Fsp3) is 0.385. The Hall–Kier alpha value is -1.13. The van der Waals surface area contributed by atoms with Crippen LogP contribution in [0.4, 0.5) is 0 Å². The molecule has 1 aromatic heterocycles. The van der Waals surface area contributed by atoms with E-state index in [1.165, 1.54) is 12.8 Å². The summed E-state index contributed by atoms with van der Waals surface area (Å²) in [6, 6.07) is 8.02. The van der Waals surface area contributed by atoms with Crippen molar-refractivity contribution >= 4 is 22.8 Å². The second kappa shape index (κ2) is 5.02. The van der Waals surface area contributed by atoms with Crippen LogP contribution in [0.5, 0.6) is 0 Å². The SMILES string of the molecule is c1ccc2nc(SC3CCCNC3)cnc2c1. The Labute approximate surface area is 105 Å². The minimum absolute atomic E-state index is 0.638. The predicted molar refractivity (Wildman–Crippen MR) is 71.3 cm³/mol. The summed E-state index contributed by atoms with van der Waals surface area (Å²) in [5.41, 5.74) is 1.96. The zero-order valence-electron chi connectivity index (χ0n) is 9.60. The summed E-state index contributed by atoms with van der Waals surface area (Å²) in [5.74, 6) is 0. The highest BCUT2D eigenvalue weighted by molar-refractivity contribution is 7.99. The Kier molecular flexibility index (Phi) is 3.25. The van der Waals surface area contributed by atoms with Crippen LogP contribution in [0.2, 0.25) is 0 Å². The number of hydrogen-bond acceptors (Lipinski definition) is 4. The quantitative estimate of drug-likeness (QED) is 0.882. The molecule has 1 aromatic carbocycles. The second-order valence-electron chi connectivity index (χ2n) is 4.28. The van der Waals surface area contributed by atoms with Gasteiger partial charge in [-0.05, 0) is 31.5 Å². The van der Waals surface area contributed by atoms with E-state index in [0.29, 0.717) is 5.25 Å². The van der Waals surface area contributed by atoms with Crippen molar-refractivity contribution in [2.45, 2.75) is 23.1 Å². The van der Waals surface area contributed by atoms with Crippen LogP contribution < -0.4 is 5.32 Å². The molecule has 1 aliphatic rings. The molecule has 0 bridgehead atoms. The molecule has 2 heterocycles. The van der Waals surface area contributed by atoms with Crippen molar-refractivity contribution in [3.63, 3.8) is 0 Å². The van der Waals surface area contributed by atoms with E-state index in [2.05, 4.69) is 15.3 Å². The maximum Gasteiger partial charge on any atom is 0.115 e. The molecule has 0 amide bonds. The number of thioether (sulfide) groups is 1. The van der Waals surface area contributed by atoms with Crippen LogP contribution in [-0.4, -0.2) is 28.3 Å². The molecular formula is C13H15N3S. The fourth-order valence-corrected chi connectivity index (χ4v) is 3.18. The van der Waals surface area contributed by atoms with Crippen LogP contribution in [0.3, 0.4) is 0 Å². The van der Waals surface area contributed by atoms with Crippen LogP contribution >= 0.6 is 11.8 Å². The van der Waals surface area contributed by atoms with Gasteiger partial charge >= 0.3 is 0 Å². The highest BCUT2D eigenvalue weighted by atomic mass is 32.2. The van der Waals surface area contributed by atoms with Crippen LogP contribution in [-0.2, 0) is 0 Å². The van der Waals surface area contributed by atoms with E-state index >= 15 is 0 Å². The van der Waals surface area contributed by atoms with Gasteiger partial charge in [-0.15, -0.1) is 11.8 Å². The van der Waals surface area contributed by atoms with E-state index in [1.807, 2.05) is 42.2 Å². The number of benzene rings is 1. The Morgan fingerprint density at radius 2 is 2.12 bits per heavy atom. The minimum Gasteiger partial charge on any atom is -0.316 e. The first kappa shape index (κ1) is 11.0. The molecule has 3 nitrogen and oxygen atoms in total. The van der Waals surface area contributed by atoms with Gasteiger partial charge in [0.25, 0.3) is 0 Å².